The summed E-state index contributed by atoms with van der Waals surface area (Å²) in [5.41, 5.74) is 0.893. The Morgan fingerprint density at radius 1 is 1.44 bits per heavy atom. The highest BCUT2D eigenvalue weighted by Crippen LogP contribution is 2.01. The van der Waals surface area contributed by atoms with Crippen LogP contribution < -0.4 is 15.5 Å². The number of rotatable bonds is 4. The first-order valence-electron chi connectivity index (χ1n) is 5.15. The molecule has 0 unspecified atom stereocenters. The number of aromatic amines is 1. The van der Waals surface area contributed by atoms with E-state index in [2.05, 4.69) is 25.8 Å². The molecular formula is C10H11N5O2S. The van der Waals surface area contributed by atoms with Crippen molar-refractivity contribution in [3.63, 3.8) is 0 Å². The zero-order valence-electron chi connectivity index (χ0n) is 9.56. The van der Waals surface area contributed by atoms with Crippen LogP contribution >= 0.6 is 11.3 Å². The molecule has 2 rings (SSSR count). The van der Waals surface area contributed by atoms with Crippen molar-refractivity contribution in [3.05, 3.63) is 38.6 Å². The van der Waals surface area contributed by atoms with E-state index in [9.17, 15) is 9.59 Å². The Hall–Kier alpha value is -2.22. The third-order valence-corrected chi connectivity index (χ3v) is 2.88. The van der Waals surface area contributed by atoms with Crippen LogP contribution in [0.2, 0.25) is 0 Å². The summed E-state index contributed by atoms with van der Waals surface area (Å²) in [7, 11) is 1.72. The minimum atomic E-state index is -0.336. The molecule has 0 aromatic carbocycles. The molecule has 0 spiro atoms. The van der Waals surface area contributed by atoms with Gasteiger partial charge in [0.15, 0.2) is 5.69 Å². The number of carbonyl (C=O) groups excluding carboxylic acids is 1. The number of hydrogen-bond acceptors (Lipinski definition) is 6. The van der Waals surface area contributed by atoms with Crippen molar-refractivity contribution in [1.29, 1.82) is 0 Å². The summed E-state index contributed by atoms with van der Waals surface area (Å²) in [6, 6.07) is 3.24. The van der Waals surface area contributed by atoms with E-state index in [4.69, 9.17) is 0 Å². The predicted octanol–water partition coefficient (Wildman–Crippen LogP) is 0.198. The van der Waals surface area contributed by atoms with Crippen LogP contribution in [0.4, 0.5) is 5.82 Å². The molecule has 0 radical (unpaired) electrons. The van der Waals surface area contributed by atoms with Crippen molar-refractivity contribution in [2.24, 2.45) is 0 Å². The van der Waals surface area contributed by atoms with Crippen LogP contribution in [0.15, 0.2) is 22.3 Å². The molecule has 8 heteroatoms. The van der Waals surface area contributed by atoms with Gasteiger partial charge in [0.2, 0.25) is 0 Å². The molecule has 3 N–H and O–H groups in total. The standard InChI is InChI=1S/C10H11N5O2S/c1-11-8-3-2-7(14-15-8)9(16)12-4-6-5-18-10(17)13-6/h2-3,5H,4H2,1H3,(H,11,15)(H,12,16)(H,13,17). The third kappa shape index (κ3) is 2.92. The van der Waals surface area contributed by atoms with Gasteiger partial charge in [0.05, 0.1) is 6.54 Å². The van der Waals surface area contributed by atoms with Crippen LogP contribution in [0.3, 0.4) is 0 Å². The van der Waals surface area contributed by atoms with Gasteiger partial charge in [0.1, 0.15) is 5.82 Å². The zero-order valence-corrected chi connectivity index (χ0v) is 10.4. The Morgan fingerprint density at radius 2 is 2.28 bits per heavy atom. The lowest BCUT2D eigenvalue weighted by Crippen LogP contribution is -2.24. The normalized spacial score (nSPS) is 10.1. The van der Waals surface area contributed by atoms with E-state index in [1.807, 2.05) is 0 Å². The monoisotopic (exact) mass is 265 g/mol. The largest absolute Gasteiger partial charge is 0.372 e. The molecule has 7 nitrogen and oxygen atoms in total. The number of aromatic nitrogens is 3. The van der Waals surface area contributed by atoms with Crippen LogP contribution in [-0.4, -0.2) is 28.1 Å². The maximum atomic E-state index is 11.7. The number of thiazole rings is 1. The third-order valence-electron chi connectivity index (χ3n) is 2.16. The quantitative estimate of drug-likeness (QED) is 0.733. The number of H-pyrrole nitrogens is 1. The fraction of sp³-hybridized carbons (Fsp3) is 0.200. The van der Waals surface area contributed by atoms with Gasteiger partial charge in [-0.05, 0) is 12.1 Å². The molecule has 1 amide bonds. The topological polar surface area (TPSA) is 99.8 Å². The summed E-state index contributed by atoms with van der Waals surface area (Å²) in [4.78, 5) is 25.1. The number of amides is 1. The van der Waals surface area contributed by atoms with Gasteiger partial charge < -0.3 is 15.6 Å². The second-order valence-corrected chi connectivity index (χ2v) is 4.25. The van der Waals surface area contributed by atoms with E-state index < -0.39 is 0 Å². The maximum Gasteiger partial charge on any atom is 0.304 e. The van der Waals surface area contributed by atoms with Gasteiger partial charge in [-0.15, -0.1) is 10.2 Å². The molecule has 0 aliphatic carbocycles. The van der Waals surface area contributed by atoms with Gasteiger partial charge in [-0.3, -0.25) is 9.59 Å². The molecule has 0 fully saturated rings. The summed E-state index contributed by atoms with van der Waals surface area (Å²) in [5.74, 6) is 0.255. The average molecular weight is 265 g/mol. The highest BCUT2D eigenvalue weighted by molar-refractivity contribution is 7.07. The van der Waals surface area contributed by atoms with E-state index in [0.29, 0.717) is 11.5 Å². The lowest BCUT2D eigenvalue weighted by atomic mass is 10.3. The number of carbonyl (C=O) groups is 1. The predicted molar refractivity (Wildman–Crippen MR) is 67.7 cm³/mol. The van der Waals surface area contributed by atoms with Crippen LogP contribution in [0.25, 0.3) is 0 Å². The van der Waals surface area contributed by atoms with Crippen LogP contribution in [0, 0.1) is 0 Å². The van der Waals surface area contributed by atoms with Crippen molar-refractivity contribution >= 4 is 23.1 Å². The fourth-order valence-electron chi connectivity index (χ4n) is 1.25. The Labute approximate surface area is 106 Å². The van der Waals surface area contributed by atoms with E-state index in [-0.39, 0.29) is 23.0 Å². The number of anilines is 1. The second-order valence-electron chi connectivity index (χ2n) is 3.41. The van der Waals surface area contributed by atoms with E-state index in [1.165, 1.54) is 0 Å². The number of hydrogen-bond donors (Lipinski definition) is 3. The van der Waals surface area contributed by atoms with Crippen molar-refractivity contribution in [2.75, 3.05) is 12.4 Å². The lowest BCUT2D eigenvalue weighted by Gasteiger charge is -2.03. The second kappa shape index (κ2) is 5.41. The van der Waals surface area contributed by atoms with Crippen molar-refractivity contribution in [3.8, 4) is 0 Å². The SMILES string of the molecule is CNc1ccc(C(=O)NCc2csc(=O)[nH]2)nn1. The highest BCUT2D eigenvalue weighted by atomic mass is 32.1. The summed E-state index contributed by atoms with van der Waals surface area (Å²) in [6.07, 6.45) is 0. The summed E-state index contributed by atoms with van der Waals surface area (Å²) in [6.45, 7) is 0.257. The summed E-state index contributed by atoms with van der Waals surface area (Å²) in [5, 5.41) is 14.7. The first kappa shape index (κ1) is 12.2. The van der Waals surface area contributed by atoms with Crippen molar-refractivity contribution in [2.45, 2.75) is 6.54 Å². The van der Waals surface area contributed by atoms with Gasteiger partial charge in [-0.1, -0.05) is 11.3 Å². The van der Waals surface area contributed by atoms with Gasteiger partial charge in [-0.2, -0.15) is 0 Å². The Kier molecular flexibility index (Phi) is 3.68. The van der Waals surface area contributed by atoms with Crippen molar-refractivity contribution in [1.82, 2.24) is 20.5 Å². The van der Waals surface area contributed by atoms with Gasteiger partial charge in [0, 0.05) is 18.1 Å². The molecule has 0 aliphatic rings. The summed E-state index contributed by atoms with van der Waals surface area (Å²) >= 11 is 1.06. The van der Waals surface area contributed by atoms with E-state index in [0.717, 1.165) is 11.3 Å². The Bertz CT molecular complexity index is 589. The van der Waals surface area contributed by atoms with Crippen molar-refractivity contribution < 1.29 is 4.79 Å². The van der Waals surface area contributed by atoms with Gasteiger partial charge in [-0.25, -0.2) is 0 Å². The molecule has 2 heterocycles. The highest BCUT2D eigenvalue weighted by Gasteiger charge is 2.08. The first-order chi connectivity index (χ1) is 8.69. The molecule has 0 aliphatic heterocycles. The van der Waals surface area contributed by atoms with Gasteiger partial charge >= 0.3 is 4.87 Å². The number of nitrogens with zero attached hydrogens (tertiary/aromatic N) is 2. The van der Waals surface area contributed by atoms with Crippen LogP contribution in [0.1, 0.15) is 16.2 Å². The molecule has 0 saturated heterocycles. The minimum Gasteiger partial charge on any atom is -0.372 e. The fourth-order valence-corrected chi connectivity index (χ4v) is 1.83. The molecule has 2 aromatic rings. The molecular weight excluding hydrogens is 254 g/mol. The maximum absolute atomic E-state index is 11.7. The molecule has 0 bridgehead atoms. The molecule has 2 aromatic heterocycles. The van der Waals surface area contributed by atoms with Crippen LogP contribution in [-0.2, 0) is 6.54 Å². The lowest BCUT2D eigenvalue weighted by molar-refractivity contribution is 0.0944. The van der Waals surface area contributed by atoms with E-state index >= 15 is 0 Å². The Morgan fingerprint density at radius 3 is 2.83 bits per heavy atom. The molecule has 0 atom stereocenters. The molecule has 0 saturated carbocycles. The molecule has 94 valence electrons. The average Bonchev–Trinajstić information content (AvgIpc) is 2.82. The van der Waals surface area contributed by atoms with Crippen LogP contribution in [0.5, 0.6) is 0 Å². The minimum absolute atomic E-state index is 0.141. The summed E-state index contributed by atoms with van der Waals surface area (Å²) < 4.78 is 0. The smallest absolute Gasteiger partial charge is 0.304 e. The first-order valence-corrected chi connectivity index (χ1v) is 6.03. The number of nitrogens with one attached hydrogen (secondary N) is 3. The molecule has 18 heavy (non-hydrogen) atoms. The van der Waals surface area contributed by atoms with E-state index in [1.54, 1.807) is 24.6 Å². The Balaban J connectivity index is 1.96. The zero-order chi connectivity index (χ0) is 13.0. The van der Waals surface area contributed by atoms with Gasteiger partial charge in [0.25, 0.3) is 5.91 Å².